The Balaban J connectivity index is 1.47. The van der Waals surface area contributed by atoms with E-state index in [-0.39, 0.29) is 11.6 Å². The number of aromatic nitrogens is 2. The molecular formula is C23H27N5O3. The number of nitrogens with one attached hydrogen (secondary N) is 2. The molecule has 4 rings (SSSR count). The first-order chi connectivity index (χ1) is 15.2. The minimum Gasteiger partial charge on any atom is -0.497 e. The smallest absolute Gasteiger partial charge is 0.273 e. The van der Waals surface area contributed by atoms with Crippen LogP contribution in [0.2, 0.25) is 0 Å². The summed E-state index contributed by atoms with van der Waals surface area (Å²) in [7, 11) is 1.62. The lowest BCUT2D eigenvalue weighted by atomic mass is 10.2. The number of amides is 1. The monoisotopic (exact) mass is 421 g/mol. The molecule has 0 spiro atoms. The number of para-hydroxylation sites is 2. The van der Waals surface area contributed by atoms with Crippen molar-refractivity contribution in [1.29, 1.82) is 0 Å². The molecule has 0 aliphatic carbocycles. The Morgan fingerprint density at radius 1 is 1.06 bits per heavy atom. The third-order valence-corrected chi connectivity index (χ3v) is 5.18. The first-order valence-electron chi connectivity index (χ1n) is 10.5. The minimum atomic E-state index is -0.240. The standard InChI is InChI=1S/C23H27N5O3/c1-30-18-9-7-17(8-10-18)25-22-21(26-19-5-2-3-6-20(19)27-22)23(29)24-11-4-12-28-13-15-31-16-14-28/h2-3,5-10H,4,11-16H2,1H3,(H,24,29)(H,25,27). The van der Waals surface area contributed by atoms with Crippen molar-refractivity contribution in [1.82, 2.24) is 20.2 Å². The van der Waals surface area contributed by atoms with Gasteiger partial charge in [0.1, 0.15) is 5.75 Å². The molecule has 0 radical (unpaired) electrons. The van der Waals surface area contributed by atoms with Gasteiger partial charge < -0.3 is 20.1 Å². The van der Waals surface area contributed by atoms with Crippen molar-refractivity contribution >= 4 is 28.4 Å². The van der Waals surface area contributed by atoms with Gasteiger partial charge in [-0.1, -0.05) is 12.1 Å². The van der Waals surface area contributed by atoms with E-state index in [1.807, 2.05) is 48.5 Å². The molecule has 0 unspecified atom stereocenters. The summed E-state index contributed by atoms with van der Waals surface area (Å²) in [4.78, 5) is 24.5. The van der Waals surface area contributed by atoms with Gasteiger partial charge in [-0.05, 0) is 49.4 Å². The Morgan fingerprint density at radius 3 is 2.48 bits per heavy atom. The fourth-order valence-electron chi connectivity index (χ4n) is 3.47. The molecule has 0 saturated carbocycles. The van der Waals surface area contributed by atoms with Crippen molar-refractivity contribution in [2.24, 2.45) is 0 Å². The molecule has 162 valence electrons. The fraction of sp³-hybridized carbons (Fsp3) is 0.348. The van der Waals surface area contributed by atoms with E-state index in [9.17, 15) is 4.79 Å². The van der Waals surface area contributed by atoms with Gasteiger partial charge in [-0.2, -0.15) is 0 Å². The highest BCUT2D eigenvalue weighted by molar-refractivity contribution is 5.99. The number of nitrogens with zero attached hydrogens (tertiary/aromatic N) is 3. The average molecular weight is 422 g/mol. The lowest BCUT2D eigenvalue weighted by molar-refractivity contribution is 0.0374. The molecule has 31 heavy (non-hydrogen) atoms. The molecule has 8 heteroatoms. The third-order valence-electron chi connectivity index (χ3n) is 5.18. The van der Waals surface area contributed by atoms with Gasteiger partial charge >= 0.3 is 0 Å². The van der Waals surface area contributed by atoms with Crippen LogP contribution in [0.3, 0.4) is 0 Å². The fourth-order valence-corrected chi connectivity index (χ4v) is 3.47. The lowest BCUT2D eigenvalue weighted by Crippen LogP contribution is -2.38. The second-order valence-corrected chi connectivity index (χ2v) is 7.33. The van der Waals surface area contributed by atoms with Crippen LogP contribution < -0.4 is 15.4 Å². The maximum absolute atomic E-state index is 12.9. The molecular weight excluding hydrogens is 394 g/mol. The molecule has 0 atom stereocenters. The molecule has 3 aromatic rings. The summed E-state index contributed by atoms with van der Waals surface area (Å²) in [5.74, 6) is 0.944. The third kappa shape index (κ3) is 5.48. The van der Waals surface area contributed by atoms with Crippen LogP contribution in [0.1, 0.15) is 16.9 Å². The van der Waals surface area contributed by atoms with Crippen LogP contribution in [0.4, 0.5) is 11.5 Å². The quantitative estimate of drug-likeness (QED) is 0.541. The molecule has 8 nitrogen and oxygen atoms in total. The maximum atomic E-state index is 12.9. The maximum Gasteiger partial charge on any atom is 0.273 e. The first kappa shape index (κ1) is 21.0. The second kappa shape index (κ2) is 10.2. The number of carbonyl (C=O) groups is 1. The Hall–Kier alpha value is -3.23. The zero-order valence-corrected chi connectivity index (χ0v) is 17.6. The Morgan fingerprint density at radius 2 is 1.77 bits per heavy atom. The zero-order valence-electron chi connectivity index (χ0n) is 17.6. The second-order valence-electron chi connectivity index (χ2n) is 7.33. The van der Waals surface area contributed by atoms with Crippen LogP contribution >= 0.6 is 0 Å². The molecule has 1 aromatic heterocycles. The van der Waals surface area contributed by atoms with Crippen molar-refractivity contribution in [3.8, 4) is 5.75 Å². The molecule has 2 heterocycles. The van der Waals surface area contributed by atoms with E-state index in [0.29, 0.717) is 17.9 Å². The molecule has 2 aromatic carbocycles. The summed E-state index contributed by atoms with van der Waals surface area (Å²) in [6.45, 7) is 4.95. The van der Waals surface area contributed by atoms with Crippen molar-refractivity contribution in [3.05, 3.63) is 54.2 Å². The number of hydrogen-bond acceptors (Lipinski definition) is 7. The van der Waals surface area contributed by atoms with Gasteiger partial charge in [0.15, 0.2) is 11.5 Å². The first-order valence-corrected chi connectivity index (χ1v) is 10.5. The largest absolute Gasteiger partial charge is 0.497 e. The van der Waals surface area contributed by atoms with E-state index in [0.717, 1.165) is 56.2 Å². The topological polar surface area (TPSA) is 88.6 Å². The molecule has 1 fully saturated rings. The Kier molecular flexibility index (Phi) is 6.91. The highest BCUT2D eigenvalue weighted by atomic mass is 16.5. The minimum absolute atomic E-state index is 0.240. The predicted molar refractivity (Wildman–Crippen MR) is 120 cm³/mol. The molecule has 1 amide bonds. The van der Waals surface area contributed by atoms with E-state index >= 15 is 0 Å². The van der Waals surface area contributed by atoms with Gasteiger partial charge in [-0.15, -0.1) is 0 Å². The SMILES string of the molecule is COc1ccc(Nc2nc3ccccc3nc2C(=O)NCCCN2CCOCC2)cc1. The van der Waals surface area contributed by atoms with Gasteiger partial charge in [0, 0.05) is 25.3 Å². The summed E-state index contributed by atoms with van der Waals surface area (Å²) in [6, 6.07) is 15.0. The number of rotatable bonds is 8. The zero-order chi connectivity index (χ0) is 21.5. The van der Waals surface area contributed by atoms with Gasteiger partial charge in [0.2, 0.25) is 0 Å². The summed E-state index contributed by atoms with van der Waals surface area (Å²) >= 11 is 0. The number of methoxy groups -OCH3 is 1. The summed E-state index contributed by atoms with van der Waals surface area (Å²) < 4.78 is 10.6. The van der Waals surface area contributed by atoms with Crippen LogP contribution in [0.5, 0.6) is 5.75 Å². The predicted octanol–water partition coefficient (Wildman–Crippen LogP) is 2.83. The molecule has 2 N–H and O–H groups in total. The molecule has 1 saturated heterocycles. The number of fused-ring (bicyclic) bond motifs is 1. The summed E-state index contributed by atoms with van der Waals surface area (Å²) in [5, 5.41) is 6.22. The van der Waals surface area contributed by atoms with E-state index in [1.54, 1.807) is 7.11 Å². The molecule has 1 aliphatic rings. The van der Waals surface area contributed by atoms with E-state index < -0.39 is 0 Å². The van der Waals surface area contributed by atoms with Crippen molar-refractivity contribution in [2.75, 3.05) is 51.8 Å². The number of benzene rings is 2. The number of hydrogen-bond donors (Lipinski definition) is 2. The lowest BCUT2D eigenvalue weighted by Gasteiger charge is -2.26. The van der Waals surface area contributed by atoms with Crippen LogP contribution in [-0.2, 0) is 4.74 Å². The van der Waals surface area contributed by atoms with Gasteiger partial charge in [0.25, 0.3) is 5.91 Å². The van der Waals surface area contributed by atoms with Gasteiger partial charge in [0.05, 0.1) is 31.4 Å². The van der Waals surface area contributed by atoms with E-state index in [4.69, 9.17) is 9.47 Å². The normalized spacial score (nSPS) is 14.4. The number of carbonyl (C=O) groups excluding carboxylic acids is 1. The van der Waals surface area contributed by atoms with Crippen molar-refractivity contribution in [2.45, 2.75) is 6.42 Å². The number of morpholine rings is 1. The van der Waals surface area contributed by atoms with Gasteiger partial charge in [-0.3, -0.25) is 9.69 Å². The molecule has 0 bridgehead atoms. The summed E-state index contributed by atoms with van der Waals surface area (Å²) in [6.07, 6.45) is 0.869. The van der Waals surface area contributed by atoms with Gasteiger partial charge in [-0.25, -0.2) is 9.97 Å². The molecule has 1 aliphatic heterocycles. The van der Waals surface area contributed by atoms with Crippen LogP contribution in [0.15, 0.2) is 48.5 Å². The number of anilines is 2. The van der Waals surface area contributed by atoms with E-state index in [2.05, 4.69) is 25.5 Å². The van der Waals surface area contributed by atoms with E-state index in [1.165, 1.54) is 0 Å². The Labute approximate surface area is 181 Å². The number of ether oxygens (including phenoxy) is 2. The average Bonchev–Trinajstić information content (AvgIpc) is 2.82. The van der Waals surface area contributed by atoms with Crippen molar-refractivity contribution < 1.29 is 14.3 Å². The summed E-state index contributed by atoms with van der Waals surface area (Å²) in [5.41, 5.74) is 2.48. The van der Waals surface area contributed by atoms with Crippen LogP contribution in [0.25, 0.3) is 11.0 Å². The Bertz CT molecular complexity index is 1020. The highest BCUT2D eigenvalue weighted by Gasteiger charge is 2.17. The van der Waals surface area contributed by atoms with Crippen LogP contribution in [0, 0.1) is 0 Å². The highest BCUT2D eigenvalue weighted by Crippen LogP contribution is 2.23. The van der Waals surface area contributed by atoms with Crippen LogP contribution in [-0.4, -0.2) is 67.3 Å². The van der Waals surface area contributed by atoms with Crippen molar-refractivity contribution in [3.63, 3.8) is 0 Å².